The Morgan fingerprint density at radius 1 is 1.02 bits per heavy atom. The number of carbonyl (C=O) groups is 2. The molecule has 1 aliphatic heterocycles. The van der Waals surface area contributed by atoms with Gasteiger partial charge in [0, 0.05) is 24.3 Å². The normalized spacial score (nSPS) is 39.9. The van der Waals surface area contributed by atoms with Gasteiger partial charge in [0.25, 0.3) is 0 Å². The van der Waals surface area contributed by atoms with E-state index in [1.807, 2.05) is 25.1 Å². The minimum absolute atomic E-state index is 0.196. The van der Waals surface area contributed by atoms with Gasteiger partial charge in [-0.05, 0) is 99.0 Å². The fourth-order valence-corrected chi connectivity index (χ4v) is 11.5. The monoisotopic (exact) mass is 662 g/mol. The maximum Gasteiger partial charge on any atom is 0.331 e. The van der Waals surface area contributed by atoms with Gasteiger partial charge in [0.2, 0.25) is 0 Å². The van der Waals surface area contributed by atoms with E-state index in [9.17, 15) is 24.9 Å². The first-order chi connectivity index (χ1) is 22.8. The number of hydrogen-bond donors (Lipinski definition) is 3. The number of benzene rings is 1. The van der Waals surface area contributed by atoms with Gasteiger partial charge in [-0.2, -0.15) is 0 Å². The van der Waals surface area contributed by atoms with Crippen molar-refractivity contribution in [3.8, 4) is 0 Å². The summed E-state index contributed by atoms with van der Waals surface area (Å²) in [6.45, 7) is 8.17. The summed E-state index contributed by atoms with van der Waals surface area (Å²) in [5, 5.41) is 39.6. The molecule has 0 radical (unpaired) electrons. The summed E-state index contributed by atoms with van der Waals surface area (Å²) in [4.78, 5) is 24.8. The van der Waals surface area contributed by atoms with Crippen molar-refractivity contribution >= 4 is 11.9 Å². The largest absolute Gasteiger partial charge is 0.462 e. The highest BCUT2D eigenvalue weighted by Crippen LogP contribution is 2.75. The number of ether oxygens (including phenoxy) is 2. The van der Waals surface area contributed by atoms with Gasteiger partial charge in [-0.3, -0.25) is 4.79 Å². The molecule has 7 nitrogen and oxygen atoms in total. The van der Waals surface area contributed by atoms with E-state index in [-0.39, 0.29) is 30.4 Å². The van der Waals surface area contributed by atoms with Crippen molar-refractivity contribution in [1.82, 2.24) is 0 Å². The molecule has 1 aromatic carbocycles. The third-order valence-corrected chi connectivity index (χ3v) is 13.9. The number of fused-ring (bicyclic) bond motifs is 1. The van der Waals surface area contributed by atoms with E-state index in [0.717, 1.165) is 63.4 Å². The molecule has 0 saturated heterocycles. The van der Waals surface area contributed by atoms with Crippen LogP contribution in [0.3, 0.4) is 0 Å². The van der Waals surface area contributed by atoms with Gasteiger partial charge < -0.3 is 24.8 Å². The van der Waals surface area contributed by atoms with Crippen molar-refractivity contribution in [1.29, 1.82) is 0 Å². The van der Waals surface area contributed by atoms with Crippen LogP contribution in [0.4, 0.5) is 0 Å². The van der Waals surface area contributed by atoms with Gasteiger partial charge in [-0.15, -0.1) is 0 Å². The second-order valence-electron chi connectivity index (χ2n) is 16.7. The molecule has 1 spiro atoms. The fraction of sp³-hybridized carbons (Fsp3) is 0.707. The van der Waals surface area contributed by atoms with Crippen LogP contribution in [0.1, 0.15) is 117 Å². The molecule has 7 heteroatoms. The molecule has 2 bridgehead atoms. The van der Waals surface area contributed by atoms with E-state index in [1.54, 1.807) is 0 Å². The lowest BCUT2D eigenvalue weighted by Gasteiger charge is -2.76. The molecule has 4 aliphatic carbocycles. The standard InChI is InChI=1S/C41H58O7/c1-28(11-10-14-30-12-6-5-7-13-30)17-21-39(45)24-23-37(3)26-33(48-29(2)42)36-38(4,32-15-8-9-16-32)20-19-34(43)41(36,39)40(37,46)22-18-31-25-35(44)47-27-31/h5-7,12-13,23-25,28,32-34,36,43,45-46H,8-11,14-22,26-27H2,1-4H3. The molecule has 1 heterocycles. The van der Waals surface area contributed by atoms with Gasteiger partial charge >= 0.3 is 11.9 Å². The Balaban J connectivity index is 1.41. The highest BCUT2D eigenvalue weighted by molar-refractivity contribution is 5.85. The average molecular weight is 663 g/mol. The van der Waals surface area contributed by atoms with Crippen LogP contribution in [-0.4, -0.2) is 57.3 Å². The van der Waals surface area contributed by atoms with E-state index in [0.29, 0.717) is 37.5 Å². The van der Waals surface area contributed by atoms with Gasteiger partial charge in [0.05, 0.1) is 22.7 Å². The third kappa shape index (κ3) is 5.80. The Labute approximate surface area is 287 Å². The highest BCUT2D eigenvalue weighted by Gasteiger charge is 2.81. The van der Waals surface area contributed by atoms with Crippen molar-refractivity contribution in [2.75, 3.05) is 6.61 Å². The number of aliphatic hydroxyl groups excluding tert-OH is 1. The predicted molar refractivity (Wildman–Crippen MR) is 185 cm³/mol. The number of rotatable bonds is 12. The van der Waals surface area contributed by atoms with Gasteiger partial charge in [0.15, 0.2) is 0 Å². The molecule has 1 aromatic rings. The molecule has 264 valence electrons. The van der Waals surface area contributed by atoms with E-state index in [4.69, 9.17) is 9.47 Å². The quantitative estimate of drug-likeness (QED) is 0.163. The lowest BCUT2D eigenvalue weighted by atomic mass is 9.31. The molecule has 3 saturated carbocycles. The summed E-state index contributed by atoms with van der Waals surface area (Å²) in [6.07, 6.45) is 14.7. The summed E-state index contributed by atoms with van der Waals surface area (Å²) < 4.78 is 11.5. The lowest BCUT2D eigenvalue weighted by molar-refractivity contribution is -0.361. The van der Waals surface area contributed by atoms with E-state index in [2.05, 4.69) is 38.1 Å². The minimum Gasteiger partial charge on any atom is -0.462 e. The van der Waals surface area contributed by atoms with Crippen molar-refractivity contribution in [2.24, 2.45) is 34.0 Å². The lowest BCUT2D eigenvalue weighted by Crippen LogP contribution is -2.83. The first-order valence-electron chi connectivity index (χ1n) is 18.7. The van der Waals surface area contributed by atoms with Gasteiger partial charge in [0.1, 0.15) is 12.7 Å². The van der Waals surface area contributed by atoms with E-state index < -0.39 is 40.2 Å². The maximum atomic E-state index is 13.6. The molecule has 9 unspecified atom stereocenters. The molecular formula is C41H58O7. The summed E-state index contributed by atoms with van der Waals surface area (Å²) in [5.74, 6) is -0.541. The fourth-order valence-electron chi connectivity index (χ4n) is 11.5. The third-order valence-electron chi connectivity index (χ3n) is 13.9. The first-order valence-corrected chi connectivity index (χ1v) is 18.7. The van der Waals surface area contributed by atoms with Crippen LogP contribution in [0, 0.1) is 34.0 Å². The zero-order valence-electron chi connectivity index (χ0n) is 29.6. The van der Waals surface area contributed by atoms with E-state index >= 15 is 0 Å². The second kappa shape index (κ2) is 13.3. The van der Waals surface area contributed by atoms with Crippen LogP contribution in [0.5, 0.6) is 0 Å². The summed E-state index contributed by atoms with van der Waals surface area (Å²) >= 11 is 0. The van der Waals surface area contributed by atoms with Crippen molar-refractivity contribution < 1.29 is 34.4 Å². The first kappa shape index (κ1) is 35.3. The number of aliphatic hydroxyl groups is 3. The molecule has 0 amide bonds. The molecule has 48 heavy (non-hydrogen) atoms. The van der Waals surface area contributed by atoms with Gasteiger partial charge in [-0.1, -0.05) is 82.5 Å². The number of aryl methyl sites for hydroxylation is 1. The van der Waals surface area contributed by atoms with Crippen molar-refractivity contribution in [3.63, 3.8) is 0 Å². The molecule has 6 rings (SSSR count). The second-order valence-corrected chi connectivity index (χ2v) is 16.7. The number of cyclic esters (lactones) is 1. The van der Waals surface area contributed by atoms with Crippen LogP contribution in [0.15, 0.2) is 54.1 Å². The zero-order valence-corrected chi connectivity index (χ0v) is 29.6. The molecule has 5 aliphatic rings. The van der Waals surface area contributed by atoms with Gasteiger partial charge in [-0.25, -0.2) is 4.79 Å². The molecule has 0 aromatic heterocycles. The highest BCUT2D eigenvalue weighted by atomic mass is 16.5. The zero-order chi connectivity index (χ0) is 34.4. The Bertz CT molecular complexity index is 1400. The topological polar surface area (TPSA) is 113 Å². The molecule has 3 fully saturated rings. The smallest absolute Gasteiger partial charge is 0.331 e. The van der Waals surface area contributed by atoms with E-state index in [1.165, 1.54) is 18.6 Å². The van der Waals surface area contributed by atoms with Crippen LogP contribution in [-0.2, 0) is 25.5 Å². The number of esters is 2. The Morgan fingerprint density at radius 3 is 2.42 bits per heavy atom. The number of carbonyl (C=O) groups excluding carboxylic acids is 2. The molecule has 9 atom stereocenters. The Morgan fingerprint density at radius 2 is 1.75 bits per heavy atom. The summed E-state index contributed by atoms with van der Waals surface area (Å²) in [7, 11) is 0. The minimum atomic E-state index is -1.55. The predicted octanol–water partition coefficient (Wildman–Crippen LogP) is 7.02. The van der Waals surface area contributed by atoms with Crippen LogP contribution >= 0.6 is 0 Å². The molecule has 3 N–H and O–H groups in total. The summed E-state index contributed by atoms with van der Waals surface area (Å²) in [6, 6.07) is 10.5. The molecular weight excluding hydrogens is 604 g/mol. The van der Waals surface area contributed by atoms with Crippen LogP contribution in [0.2, 0.25) is 0 Å². The Kier molecular flexibility index (Phi) is 9.82. The Hall–Kier alpha value is -2.48. The summed E-state index contributed by atoms with van der Waals surface area (Å²) in [5.41, 5.74) is -3.61. The maximum absolute atomic E-state index is 13.6. The van der Waals surface area contributed by atoms with Crippen LogP contribution < -0.4 is 0 Å². The van der Waals surface area contributed by atoms with Crippen LogP contribution in [0.25, 0.3) is 0 Å². The number of hydrogen-bond acceptors (Lipinski definition) is 7. The van der Waals surface area contributed by atoms with Crippen molar-refractivity contribution in [2.45, 2.75) is 141 Å². The SMILES string of the molecule is CC(=O)OC1CC2(C)C=CC(O)(CCC(C)CCCc3ccccc3)C3(C(O)CCC(C)(C4CCCC4)C13)C2(O)CCC1=CC(=O)OC1. The van der Waals surface area contributed by atoms with Crippen molar-refractivity contribution in [3.05, 3.63) is 59.7 Å². The average Bonchev–Trinajstić information content (AvgIpc) is 3.74.